The lowest BCUT2D eigenvalue weighted by molar-refractivity contribution is -0.122. The Balaban J connectivity index is 1.42. The second kappa shape index (κ2) is 7.88. The van der Waals surface area contributed by atoms with Crippen LogP contribution in [-0.4, -0.2) is 53.5 Å². The van der Waals surface area contributed by atoms with Gasteiger partial charge in [-0.3, -0.25) is 9.69 Å². The van der Waals surface area contributed by atoms with Gasteiger partial charge in [0.15, 0.2) is 0 Å². The van der Waals surface area contributed by atoms with Gasteiger partial charge in [0.2, 0.25) is 11.9 Å². The zero-order valence-corrected chi connectivity index (χ0v) is 14.0. The predicted molar refractivity (Wildman–Crippen MR) is 93.7 cm³/mol. The zero-order chi connectivity index (χ0) is 16.8. The van der Waals surface area contributed by atoms with Crippen LogP contribution < -0.4 is 10.2 Å². The molecule has 0 spiro atoms. The van der Waals surface area contributed by atoms with Gasteiger partial charge in [-0.1, -0.05) is 29.8 Å². The highest BCUT2D eigenvalue weighted by molar-refractivity contribution is 5.78. The molecule has 126 valence electrons. The van der Waals surface area contributed by atoms with E-state index in [1.54, 1.807) is 12.4 Å². The number of piperazine rings is 1. The van der Waals surface area contributed by atoms with Crippen LogP contribution in [0.1, 0.15) is 11.1 Å². The Morgan fingerprint density at radius 1 is 1.12 bits per heavy atom. The van der Waals surface area contributed by atoms with Gasteiger partial charge in [-0.15, -0.1) is 0 Å². The number of rotatable bonds is 5. The summed E-state index contributed by atoms with van der Waals surface area (Å²) < 4.78 is 0. The summed E-state index contributed by atoms with van der Waals surface area (Å²) in [5.74, 6) is 0.835. The van der Waals surface area contributed by atoms with Crippen LogP contribution in [0.25, 0.3) is 0 Å². The first-order valence-corrected chi connectivity index (χ1v) is 8.27. The largest absolute Gasteiger partial charge is 0.351 e. The van der Waals surface area contributed by atoms with Crippen molar-refractivity contribution in [2.45, 2.75) is 13.5 Å². The van der Waals surface area contributed by atoms with Crippen molar-refractivity contribution in [1.29, 1.82) is 0 Å². The van der Waals surface area contributed by atoms with E-state index < -0.39 is 0 Å². The molecule has 1 aliphatic rings. The standard InChI is InChI=1S/C18H23N5O/c1-15-4-2-5-16(12-15)13-21-17(24)14-22-8-10-23(11-9-22)18-19-6-3-7-20-18/h2-7,12H,8-11,13-14H2,1H3,(H,21,24). The van der Waals surface area contributed by atoms with Gasteiger partial charge in [0.05, 0.1) is 6.54 Å². The summed E-state index contributed by atoms with van der Waals surface area (Å²) in [4.78, 5) is 25.0. The number of aromatic nitrogens is 2. The number of nitrogens with zero attached hydrogens (tertiary/aromatic N) is 4. The second-order valence-electron chi connectivity index (χ2n) is 6.08. The number of anilines is 1. The fraction of sp³-hybridized carbons (Fsp3) is 0.389. The number of nitrogens with one attached hydrogen (secondary N) is 1. The lowest BCUT2D eigenvalue weighted by Crippen LogP contribution is -2.49. The Labute approximate surface area is 142 Å². The van der Waals surface area contributed by atoms with Crippen LogP contribution in [-0.2, 0) is 11.3 Å². The van der Waals surface area contributed by atoms with Crippen molar-refractivity contribution in [2.24, 2.45) is 0 Å². The Kier molecular flexibility index (Phi) is 5.38. The molecule has 1 N–H and O–H groups in total. The number of carbonyl (C=O) groups is 1. The molecule has 0 atom stereocenters. The van der Waals surface area contributed by atoms with Crippen LogP contribution in [0.4, 0.5) is 5.95 Å². The maximum atomic E-state index is 12.1. The van der Waals surface area contributed by atoms with Gasteiger partial charge in [-0.25, -0.2) is 9.97 Å². The monoisotopic (exact) mass is 325 g/mol. The van der Waals surface area contributed by atoms with E-state index in [9.17, 15) is 4.79 Å². The molecule has 1 amide bonds. The maximum absolute atomic E-state index is 12.1. The summed E-state index contributed by atoms with van der Waals surface area (Å²) in [6.07, 6.45) is 3.51. The van der Waals surface area contributed by atoms with Crippen molar-refractivity contribution in [3.63, 3.8) is 0 Å². The first kappa shape index (κ1) is 16.4. The van der Waals surface area contributed by atoms with Crippen molar-refractivity contribution >= 4 is 11.9 Å². The average Bonchev–Trinajstić information content (AvgIpc) is 2.61. The Hall–Kier alpha value is -2.47. The molecular weight excluding hydrogens is 302 g/mol. The molecule has 2 heterocycles. The first-order chi connectivity index (χ1) is 11.7. The summed E-state index contributed by atoms with van der Waals surface area (Å²) in [7, 11) is 0. The van der Waals surface area contributed by atoms with Gasteiger partial charge in [0.1, 0.15) is 0 Å². The average molecular weight is 325 g/mol. The van der Waals surface area contributed by atoms with Gasteiger partial charge in [0, 0.05) is 45.1 Å². The molecule has 0 radical (unpaired) electrons. The van der Waals surface area contributed by atoms with E-state index in [0.717, 1.165) is 37.7 Å². The number of aryl methyl sites for hydroxylation is 1. The molecule has 1 aromatic carbocycles. The minimum absolute atomic E-state index is 0.0703. The quantitative estimate of drug-likeness (QED) is 0.896. The number of benzene rings is 1. The molecule has 1 fully saturated rings. The smallest absolute Gasteiger partial charge is 0.234 e. The number of carbonyl (C=O) groups excluding carboxylic acids is 1. The third kappa shape index (κ3) is 4.52. The molecular formula is C18H23N5O. The zero-order valence-electron chi connectivity index (χ0n) is 14.0. The molecule has 1 aliphatic heterocycles. The minimum Gasteiger partial charge on any atom is -0.351 e. The van der Waals surface area contributed by atoms with E-state index >= 15 is 0 Å². The molecule has 6 heteroatoms. The van der Waals surface area contributed by atoms with Crippen molar-refractivity contribution in [3.8, 4) is 0 Å². The number of amides is 1. The highest BCUT2D eigenvalue weighted by atomic mass is 16.2. The van der Waals surface area contributed by atoms with Gasteiger partial charge >= 0.3 is 0 Å². The summed E-state index contributed by atoms with van der Waals surface area (Å²) in [6, 6.07) is 10.0. The predicted octanol–water partition coefficient (Wildman–Crippen LogP) is 1.22. The van der Waals surface area contributed by atoms with Crippen LogP contribution in [0.5, 0.6) is 0 Å². The maximum Gasteiger partial charge on any atom is 0.234 e. The van der Waals surface area contributed by atoms with Gasteiger partial charge in [0.25, 0.3) is 0 Å². The molecule has 24 heavy (non-hydrogen) atoms. The minimum atomic E-state index is 0.0703. The van der Waals surface area contributed by atoms with E-state index in [1.165, 1.54) is 5.56 Å². The summed E-state index contributed by atoms with van der Waals surface area (Å²) in [6.45, 7) is 6.45. The van der Waals surface area contributed by atoms with E-state index in [1.807, 2.05) is 18.2 Å². The molecule has 0 saturated carbocycles. The lowest BCUT2D eigenvalue weighted by atomic mass is 10.1. The molecule has 6 nitrogen and oxygen atoms in total. The highest BCUT2D eigenvalue weighted by Crippen LogP contribution is 2.09. The van der Waals surface area contributed by atoms with Crippen molar-refractivity contribution in [1.82, 2.24) is 20.2 Å². The lowest BCUT2D eigenvalue weighted by Gasteiger charge is -2.34. The van der Waals surface area contributed by atoms with E-state index in [2.05, 4.69) is 44.1 Å². The SMILES string of the molecule is Cc1cccc(CNC(=O)CN2CCN(c3ncccn3)CC2)c1. The molecule has 0 bridgehead atoms. The topological polar surface area (TPSA) is 61.4 Å². The fourth-order valence-electron chi connectivity index (χ4n) is 2.84. The van der Waals surface area contributed by atoms with Crippen molar-refractivity contribution in [3.05, 3.63) is 53.9 Å². The first-order valence-electron chi connectivity index (χ1n) is 8.27. The van der Waals surface area contributed by atoms with Crippen LogP contribution in [0.2, 0.25) is 0 Å². The van der Waals surface area contributed by atoms with Gasteiger partial charge in [-0.05, 0) is 18.6 Å². The molecule has 0 unspecified atom stereocenters. The van der Waals surface area contributed by atoms with Crippen LogP contribution >= 0.6 is 0 Å². The van der Waals surface area contributed by atoms with Crippen LogP contribution in [0, 0.1) is 6.92 Å². The van der Waals surface area contributed by atoms with E-state index in [-0.39, 0.29) is 5.91 Å². The Morgan fingerprint density at radius 3 is 2.58 bits per heavy atom. The molecule has 3 rings (SSSR count). The molecule has 1 saturated heterocycles. The Morgan fingerprint density at radius 2 is 1.88 bits per heavy atom. The van der Waals surface area contributed by atoms with Gasteiger partial charge in [-0.2, -0.15) is 0 Å². The molecule has 2 aromatic rings. The third-order valence-electron chi connectivity index (χ3n) is 4.15. The summed E-state index contributed by atoms with van der Waals surface area (Å²) in [5.41, 5.74) is 2.34. The molecule has 1 aromatic heterocycles. The summed E-state index contributed by atoms with van der Waals surface area (Å²) in [5, 5.41) is 3.00. The fourth-order valence-corrected chi connectivity index (χ4v) is 2.84. The molecule has 0 aliphatic carbocycles. The third-order valence-corrected chi connectivity index (χ3v) is 4.15. The van der Waals surface area contributed by atoms with Gasteiger partial charge < -0.3 is 10.2 Å². The normalized spacial score (nSPS) is 15.3. The number of hydrogen-bond acceptors (Lipinski definition) is 5. The number of hydrogen-bond donors (Lipinski definition) is 1. The highest BCUT2D eigenvalue weighted by Gasteiger charge is 2.20. The van der Waals surface area contributed by atoms with Crippen molar-refractivity contribution < 1.29 is 4.79 Å². The summed E-state index contributed by atoms with van der Waals surface area (Å²) >= 11 is 0. The Bertz CT molecular complexity index is 668. The van der Waals surface area contributed by atoms with E-state index in [4.69, 9.17) is 0 Å². The van der Waals surface area contributed by atoms with Crippen LogP contribution in [0.3, 0.4) is 0 Å². The van der Waals surface area contributed by atoms with Crippen molar-refractivity contribution in [2.75, 3.05) is 37.6 Å². The van der Waals surface area contributed by atoms with E-state index in [0.29, 0.717) is 13.1 Å². The van der Waals surface area contributed by atoms with Crippen LogP contribution in [0.15, 0.2) is 42.7 Å². The second-order valence-corrected chi connectivity index (χ2v) is 6.08.